The molecule has 0 fully saturated rings. The van der Waals surface area contributed by atoms with Crippen LogP contribution in [0.15, 0.2) is 168 Å². The number of hydrogen-bond acceptors (Lipinski definition) is 4. The van der Waals surface area contributed by atoms with E-state index in [0.717, 1.165) is 0 Å². The number of furan rings is 1. The van der Waals surface area contributed by atoms with Gasteiger partial charge >= 0.3 is 0 Å². The highest BCUT2D eigenvalue weighted by Gasteiger charge is 2.17. The van der Waals surface area contributed by atoms with Crippen LogP contribution in [0.25, 0.3) is 89.1 Å². The van der Waals surface area contributed by atoms with Crippen LogP contribution >= 0.6 is 0 Å². The first-order chi connectivity index (χ1) is 28.7. The second kappa shape index (κ2) is 11.2. The fourth-order valence-electron chi connectivity index (χ4n) is 5.55. The lowest BCUT2D eigenvalue weighted by molar-refractivity contribution is 0.669. The molecule has 0 N–H and O–H groups in total. The average molecular weight is 615 g/mol. The van der Waals surface area contributed by atoms with Crippen LogP contribution in [0.3, 0.4) is 0 Å². The highest BCUT2D eigenvalue weighted by atomic mass is 16.3. The van der Waals surface area contributed by atoms with Crippen molar-refractivity contribution in [2.24, 2.45) is 0 Å². The van der Waals surface area contributed by atoms with Gasteiger partial charge in [0.15, 0.2) is 17.5 Å². The Bertz CT molecular complexity index is 3300. The number of hydrogen-bond donors (Lipinski definition) is 0. The minimum atomic E-state index is -0.538. The molecule has 4 heteroatoms. The number of aromatic nitrogens is 3. The Morgan fingerprint density at radius 1 is 0.447 bits per heavy atom. The van der Waals surface area contributed by atoms with Gasteiger partial charge in [0.2, 0.25) is 0 Å². The van der Waals surface area contributed by atoms with Crippen LogP contribution < -0.4 is 0 Å². The summed E-state index contributed by atoms with van der Waals surface area (Å²) >= 11 is 0. The zero-order valence-electron chi connectivity index (χ0n) is 37.3. The van der Waals surface area contributed by atoms with Crippen molar-refractivity contribution in [3.8, 4) is 56.4 Å². The largest absolute Gasteiger partial charge is 0.456 e. The molecule has 0 spiro atoms. The third-order valence-corrected chi connectivity index (χ3v) is 7.75. The van der Waals surface area contributed by atoms with Crippen molar-refractivity contribution < 1.29 is 22.2 Å². The first-order valence-corrected chi connectivity index (χ1v) is 14.6. The highest BCUT2D eigenvalue weighted by Crippen LogP contribution is 2.38. The van der Waals surface area contributed by atoms with E-state index >= 15 is 0 Å². The lowest BCUT2D eigenvalue weighted by Crippen LogP contribution is -2.00. The molecule has 2 heterocycles. The Morgan fingerprint density at radius 2 is 1.11 bits per heavy atom. The van der Waals surface area contributed by atoms with Crippen LogP contribution in [0.2, 0.25) is 0 Å². The molecule has 0 aliphatic heterocycles. The van der Waals surface area contributed by atoms with Crippen molar-refractivity contribution in [1.82, 2.24) is 15.0 Å². The predicted molar refractivity (Wildman–Crippen MR) is 192 cm³/mol. The Hall–Kier alpha value is -6.39. The number of nitrogens with zero attached hydrogens (tertiary/aromatic N) is 3. The van der Waals surface area contributed by atoms with E-state index in [1.54, 1.807) is 84.9 Å². The molecule has 0 unspecified atom stereocenters. The van der Waals surface area contributed by atoms with Crippen LogP contribution in [-0.2, 0) is 0 Å². The Balaban J connectivity index is 1.34. The van der Waals surface area contributed by atoms with Crippen molar-refractivity contribution in [3.05, 3.63) is 163 Å². The van der Waals surface area contributed by atoms with Crippen molar-refractivity contribution in [2.45, 2.75) is 0 Å². The van der Waals surface area contributed by atoms with Crippen LogP contribution in [0, 0.1) is 0 Å². The van der Waals surface area contributed by atoms with Crippen molar-refractivity contribution in [2.75, 3.05) is 0 Å². The van der Waals surface area contributed by atoms with Gasteiger partial charge in [-0.05, 0) is 57.2 Å². The van der Waals surface area contributed by atoms with Gasteiger partial charge in [0.25, 0.3) is 0 Å². The molecule has 4 nitrogen and oxygen atoms in total. The van der Waals surface area contributed by atoms with Crippen LogP contribution in [-0.4, -0.2) is 15.0 Å². The summed E-state index contributed by atoms with van der Waals surface area (Å²) in [5.74, 6) is -0.00343. The standard InChI is InChI=1S/C43H27N3O/c1-3-12-28(13-4-1)30-24-25-34-31(26-30)17-10-21-36(34)43-45-41(29-14-5-2-6-15-29)44-42(46-43)33-18-9-16-32(27-33)35-20-11-23-39-40(35)37-19-7-8-22-38(37)47-39/h1-27H/i7D,8D,10D,11D,17D,19D,20D,21D,22D,23D,24D,25D,26D. The molecule has 0 atom stereocenters. The van der Waals surface area contributed by atoms with E-state index in [2.05, 4.69) is 0 Å². The summed E-state index contributed by atoms with van der Waals surface area (Å²) < 4.78 is 120. The molecular weight excluding hydrogens is 574 g/mol. The van der Waals surface area contributed by atoms with E-state index in [1.165, 1.54) is 0 Å². The van der Waals surface area contributed by atoms with E-state index in [1.807, 2.05) is 0 Å². The topological polar surface area (TPSA) is 51.8 Å². The molecular formula is C43H27N3O. The molecule has 7 aromatic carbocycles. The van der Waals surface area contributed by atoms with E-state index < -0.39 is 54.4 Å². The zero-order valence-corrected chi connectivity index (χ0v) is 24.3. The molecule has 0 bridgehead atoms. The second-order valence-corrected chi connectivity index (χ2v) is 10.6. The summed E-state index contributed by atoms with van der Waals surface area (Å²) in [5.41, 5.74) is 1.26. The maximum atomic E-state index is 9.23. The summed E-state index contributed by atoms with van der Waals surface area (Å²) in [6.45, 7) is 0. The smallest absolute Gasteiger partial charge is 0.164 e. The first-order valence-electron chi connectivity index (χ1n) is 21.1. The summed E-state index contributed by atoms with van der Waals surface area (Å²) in [4.78, 5) is 14.3. The quantitative estimate of drug-likeness (QED) is 0.193. The van der Waals surface area contributed by atoms with Gasteiger partial charge in [0.05, 0.1) is 17.8 Å². The van der Waals surface area contributed by atoms with Crippen LogP contribution in [0.5, 0.6) is 0 Å². The fraction of sp³-hybridized carbons (Fsp3) is 0. The van der Waals surface area contributed by atoms with E-state index in [0.29, 0.717) is 22.3 Å². The van der Waals surface area contributed by atoms with Gasteiger partial charge in [0.1, 0.15) is 11.2 Å². The van der Waals surface area contributed by atoms with Gasteiger partial charge in [-0.1, -0.05) is 139 Å². The van der Waals surface area contributed by atoms with E-state index in [-0.39, 0.29) is 91.0 Å². The molecule has 0 saturated heterocycles. The lowest BCUT2D eigenvalue weighted by Gasteiger charge is -2.12. The first kappa shape index (κ1) is 16.8. The molecule has 0 saturated carbocycles. The predicted octanol–water partition coefficient (Wildman–Crippen LogP) is 11.3. The zero-order chi connectivity index (χ0) is 42.5. The maximum absolute atomic E-state index is 9.23. The second-order valence-electron chi connectivity index (χ2n) is 10.6. The molecule has 0 radical (unpaired) electrons. The molecule has 0 aliphatic carbocycles. The lowest BCUT2D eigenvalue weighted by atomic mass is 9.97. The Kier molecular flexibility index (Phi) is 4.00. The van der Waals surface area contributed by atoms with Crippen molar-refractivity contribution in [1.29, 1.82) is 0 Å². The van der Waals surface area contributed by atoms with Crippen LogP contribution in [0.1, 0.15) is 17.8 Å². The maximum Gasteiger partial charge on any atom is 0.164 e. The van der Waals surface area contributed by atoms with Crippen molar-refractivity contribution in [3.63, 3.8) is 0 Å². The summed E-state index contributed by atoms with van der Waals surface area (Å²) in [5, 5.41) is -0.218. The number of benzene rings is 7. The van der Waals surface area contributed by atoms with Gasteiger partial charge in [-0.25, -0.2) is 15.0 Å². The fourth-order valence-corrected chi connectivity index (χ4v) is 5.55. The van der Waals surface area contributed by atoms with Gasteiger partial charge in [-0.3, -0.25) is 0 Å². The van der Waals surface area contributed by atoms with Crippen molar-refractivity contribution >= 4 is 32.7 Å². The Morgan fingerprint density at radius 3 is 1.96 bits per heavy atom. The summed E-state index contributed by atoms with van der Waals surface area (Å²) in [6, 6.07) is 18.2. The molecule has 220 valence electrons. The molecule has 9 rings (SSSR count). The van der Waals surface area contributed by atoms with Gasteiger partial charge in [-0.2, -0.15) is 0 Å². The minimum Gasteiger partial charge on any atom is -0.456 e. The third kappa shape index (κ3) is 4.84. The summed E-state index contributed by atoms with van der Waals surface area (Å²) in [7, 11) is 0. The number of fused-ring (bicyclic) bond motifs is 4. The molecule has 2 aromatic heterocycles. The van der Waals surface area contributed by atoms with Gasteiger partial charge in [-0.15, -0.1) is 0 Å². The number of rotatable bonds is 5. The number of para-hydroxylation sites is 1. The Labute approximate surface area is 289 Å². The monoisotopic (exact) mass is 614 g/mol. The van der Waals surface area contributed by atoms with E-state index in [4.69, 9.17) is 34.4 Å². The third-order valence-electron chi connectivity index (χ3n) is 7.75. The average Bonchev–Trinajstić information content (AvgIpc) is 3.66. The normalized spacial score (nSPS) is 15.3. The molecule has 0 aliphatic rings. The minimum absolute atomic E-state index is 0.0318. The highest BCUT2D eigenvalue weighted by molar-refractivity contribution is 6.12. The molecule has 9 aromatic rings. The molecule has 47 heavy (non-hydrogen) atoms. The van der Waals surface area contributed by atoms with Gasteiger partial charge < -0.3 is 4.42 Å². The molecule has 0 amide bonds. The summed E-state index contributed by atoms with van der Waals surface area (Å²) in [6.07, 6.45) is 0. The van der Waals surface area contributed by atoms with Crippen LogP contribution in [0.4, 0.5) is 0 Å². The van der Waals surface area contributed by atoms with Gasteiger partial charge in [0, 0.05) is 27.5 Å². The van der Waals surface area contributed by atoms with E-state index in [9.17, 15) is 2.74 Å². The SMILES string of the molecule is [2H]c1c([2H])c([2H])c2c(oc3c([2H])c([2H])c([2H])c(-c4cccc(-c5nc(-c6ccccc6)nc(-c6c([2H])c([2H])c([2H])c7c([2H])c(-c8ccccc8)c([2H])c([2H])c67)n5)c4)c32)c1[2H].